The van der Waals surface area contributed by atoms with Crippen molar-refractivity contribution in [1.82, 2.24) is 0 Å². The summed E-state index contributed by atoms with van der Waals surface area (Å²) in [6.45, 7) is 0. The third kappa shape index (κ3) is 1.53. The Balaban J connectivity index is 1.95. The average molecular weight is 233 g/mol. The van der Waals surface area contributed by atoms with Gasteiger partial charge in [0, 0.05) is 23.8 Å². The lowest BCUT2D eigenvalue weighted by atomic mass is 10.0. The van der Waals surface area contributed by atoms with Gasteiger partial charge in [0.05, 0.1) is 4.92 Å². The van der Waals surface area contributed by atoms with Crippen molar-refractivity contribution in [2.45, 2.75) is 37.8 Å². The molecule has 0 saturated carbocycles. The summed E-state index contributed by atoms with van der Waals surface area (Å²) in [7, 11) is 0. The molecule has 2 aliphatic heterocycles. The number of nitro benzene ring substituents is 1. The van der Waals surface area contributed by atoms with Gasteiger partial charge in [0.15, 0.2) is 0 Å². The molecule has 2 heterocycles. The van der Waals surface area contributed by atoms with Crippen LogP contribution >= 0.6 is 0 Å². The lowest BCUT2D eigenvalue weighted by Crippen LogP contribution is -2.27. The zero-order valence-corrected chi connectivity index (χ0v) is 9.50. The molecule has 90 valence electrons. The van der Waals surface area contributed by atoms with Gasteiger partial charge in [0.2, 0.25) is 0 Å². The van der Waals surface area contributed by atoms with Crippen LogP contribution in [0.1, 0.15) is 25.7 Å². The Hall–Kier alpha value is -1.78. The van der Waals surface area contributed by atoms with Crippen molar-refractivity contribution in [3.8, 4) is 0 Å². The first kappa shape index (κ1) is 10.4. The Kier molecular flexibility index (Phi) is 2.21. The number of nitro groups is 1. The number of nitrogen functional groups attached to an aromatic ring is 1. The van der Waals surface area contributed by atoms with Gasteiger partial charge >= 0.3 is 0 Å². The number of hydrogen-bond donors (Lipinski definition) is 1. The summed E-state index contributed by atoms with van der Waals surface area (Å²) in [5.41, 5.74) is 7.04. The van der Waals surface area contributed by atoms with Gasteiger partial charge in [-0.05, 0) is 37.8 Å². The molecule has 0 aliphatic carbocycles. The first-order valence-electron chi connectivity index (χ1n) is 5.99. The highest BCUT2D eigenvalue weighted by molar-refractivity contribution is 5.67. The molecule has 0 aromatic heterocycles. The lowest BCUT2D eigenvalue weighted by molar-refractivity contribution is -0.383. The van der Waals surface area contributed by atoms with E-state index in [4.69, 9.17) is 5.73 Å². The highest BCUT2D eigenvalue weighted by Crippen LogP contribution is 2.42. The molecule has 1 aromatic rings. The Morgan fingerprint density at radius 3 is 2.29 bits per heavy atom. The Bertz CT molecular complexity index is 455. The van der Waals surface area contributed by atoms with E-state index in [1.807, 2.05) is 6.07 Å². The molecule has 2 bridgehead atoms. The number of fused-ring (bicyclic) bond motifs is 2. The number of nitrogens with two attached hydrogens (primary N) is 1. The molecule has 5 nitrogen and oxygen atoms in total. The van der Waals surface area contributed by atoms with Crippen LogP contribution in [0.25, 0.3) is 0 Å². The highest BCUT2D eigenvalue weighted by atomic mass is 16.6. The van der Waals surface area contributed by atoms with E-state index in [1.165, 1.54) is 31.7 Å². The van der Waals surface area contributed by atoms with Gasteiger partial charge in [-0.25, -0.2) is 0 Å². The van der Waals surface area contributed by atoms with E-state index in [0.717, 1.165) is 5.69 Å². The van der Waals surface area contributed by atoms with Gasteiger partial charge in [-0.3, -0.25) is 10.1 Å². The standard InChI is InChI=1S/C12H15N3O2/c13-11-7-10(5-6-12(11)15(16)17)14-8-1-2-9(14)4-3-8/h5-9H,1-4,13H2. The maximum Gasteiger partial charge on any atom is 0.292 e. The molecule has 2 aliphatic rings. The summed E-state index contributed by atoms with van der Waals surface area (Å²) in [4.78, 5) is 12.7. The molecule has 2 fully saturated rings. The van der Waals surface area contributed by atoms with Gasteiger partial charge in [0.1, 0.15) is 5.69 Å². The first-order chi connectivity index (χ1) is 8.16. The van der Waals surface area contributed by atoms with Crippen LogP contribution in [0.15, 0.2) is 18.2 Å². The molecule has 5 heteroatoms. The second kappa shape index (κ2) is 3.61. The smallest absolute Gasteiger partial charge is 0.292 e. The molecule has 1 aromatic carbocycles. The molecule has 0 atom stereocenters. The minimum atomic E-state index is -0.433. The quantitative estimate of drug-likeness (QED) is 0.483. The normalized spacial score (nSPS) is 26.5. The van der Waals surface area contributed by atoms with Crippen molar-refractivity contribution in [3.63, 3.8) is 0 Å². The van der Waals surface area contributed by atoms with Crippen molar-refractivity contribution < 1.29 is 4.92 Å². The van der Waals surface area contributed by atoms with Crippen LogP contribution in [0.4, 0.5) is 17.1 Å². The van der Waals surface area contributed by atoms with E-state index in [1.54, 1.807) is 6.07 Å². The maximum absolute atomic E-state index is 10.7. The first-order valence-corrected chi connectivity index (χ1v) is 5.99. The molecule has 0 spiro atoms. The number of anilines is 2. The Morgan fingerprint density at radius 1 is 1.24 bits per heavy atom. The van der Waals surface area contributed by atoms with Crippen LogP contribution < -0.4 is 10.6 Å². The second-order valence-electron chi connectivity index (χ2n) is 4.87. The van der Waals surface area contributed by atoms with E-state index in [9.17, 15) is 10.1 Å². The molecule has 0 radical (unpaired) electrons. The number of benzene rings is 1. The van der Waals surface area contributed by atoms with E-state index >= 15 is 0 Å². The van der Waals surface area contributed by atoms with Gasteiger partial charge in [-0.1, -0.05) is 0 Å². The summed E-state index contributed by atoms with van der Waals surface area (Å²) >= 11 is 0. The number of nitrogens with zero attached hydrogens (tertiary/aromatic N) is 2. The van der Waals surface area contributed by atoms with Crippen LogP contribution in [-0.4, -0.2) is 17.0 Å². The minimum absolute atomic E-state index is 0.000272. The summed E-state index contributed by atoms with van der Waals surface area (Å²) < 4.78 is 0. The van der Waals surface area contributed by atoms with E-state index in [2.05, 4.69) is 4.90 Å². The van der Waals surface area contributed by atoms with Gasteiger partial charge in [-0.15, -0.1) is 0 Å². The minimum Gasteiger partial charge on any atom is -0.393 e. The van der Waals surface area contributed by atoms with Crippen molar-refractivity contribution >= 4 is 17.1 Å². The maximum atomic E-state index is 10.7. The van der Waals surface area contributed by atoms with Crippen LogP contribution in [0.2, 0.25) is 0 Å². The predicted molar refractivity (Wildman–Crippen MR) is 66.0 cm³/mol. The monoisotopic (exact) mass is 233 g/mol. The van der Waals surface area contributed by atoms with Gasteiger partial charge in [-0.2, -0.15) is 0 Å². The van der Waals surface area contributed by atoms with Crippen molar-refractivity contribution in [3.05, 3.63) is 28.3 Å². The third-order valence-electron chi connectivity index (χ3n) is 3.96. The van der Waals surface area contributed by atoms with Gasteiger partial charge < -0.3 is 10.6 Å². The van der Waals surface area contributed by atoms with E-state index < -0.39 is 4.92 Å². The SMILES string of the molecule is Nc1cc(N2C3CCC2CC3)ccc1[N+](=O)[O-]. The fourth-order valence-electron chi connectivity index (χ4n) is 3.20. The van der Waals surface area contributed by atoms with Crippen molar-refractivity contribution in [1.29, 1.82) is 0 Å². The van der Waals surface area contributed by atoms with Crippen molar-refractivity contribution in [2.24, 2.45) is 0 Å². The van der Waals surface area contributed by atoms with Crippen LogP contribution in [0.5, 0.6) is 0 Å². The van der Waals surface area contributed by atoms with Gasteiger partial charge in [0.25, 0.3) is 5.69 Å². The van der Waals surface area contributed by atoms with E-state index in [0.29, 0.717) is 12.1 Å². The predicted octanol–water partition coefficient (Wildman–Crippen LogP) is 2.31. The average Bonchev–Trinajstić information content (AvgIpc) is 2.87. The van der Waals surface area contributed by atoms with Crippen LogP contribution in [0.3, 0.4) is 0 Å². The Labute approximate surface area is 99.4 Å². The summed E-state index contributed by atoms with van der Waals surface area (Å²) in [6.07, 6.45) is 4.95. The molecular formula is C12H15N3O2. The number of hydrogen-bond acceptors (Lipinski definition) is 4. The molecular weight excluding hydrogens is 218 g/mol. The zero-order chi connectivity index (χ0) is 12.0. The van der Waals surface area contributed by atoms with Crippen LogP contribution in [-0.2, 0) is 0 Å². The largest absolute Gasteiger partial charge is 0.393 e. The molecule has 3 rings (SSSR count). The fraction of sp³-hybridized carbons (Fsp3) is 0.500. The molecule has 0 amide bonds. The third-order valence-corrected chi connectivity index (χ3v) is 3.96. The molecule has 2 N–H and O–H groups in total. The molecule has 17 heavy (non-hydrogen) atoms. The highest BCUT2D eigenvalue weighted by Gasteiger charge is 2.39. The fourth-order valence-corrected chi connectivity index (χ4v) is 3.20. The molecule has 2 saturated heterocycles. The number of rotatable bonds is 2. The second-order valence-corrected chi connectivity index (χ2v) is 4.87. The van der Waals surface area contributed by atoms with Crippen LogP contribution in [0, 0.1) is 10.1 Å². The Morgan fingerprint density at radius 2 is 1.82 bits per heavy atom. The topological polar surface area (TPSA) is 72.4 Å². The lowest BCUT2D eigenvalue weighted by Gasteiger charge is -2.24. The summed E-state index contributed by atoms with van der Waals surface area (Å²) in [5, 5.41) is 10.7. The van der Waals surface area contributed by atoms with Crippen molar-refractivity contribution in [2.75, 3.05) is 10.6 Å². The zero-order valence-electron chi connectivity index (χ0n) is 9.50. The summed E-state index contributed by atoms with van der Waals surface area (Å²) in [6, 6.07) is 6.31. The van der Waals surface area contributed by atoms with E-state index in [-0.39, 0.29) is 11.4 Å². The summed E-state index contributed by atoms with van der Waals surface area (Å²) in [5.74, 6) is 0. The molecule has 0 unspecified atom stereocenters.